The van der Waals surface area contributed by atoms with Crippen LogP contribution in [-0.2, 0) is 13.0 Å². The van der Waals surface area contributed by atoms with Crippen LogP contribution in [0.3, 0.4) is 0 Å². The molecule has 0 aliphatic rings. The van der Waals surface area contributed by atoms with Crippen molar-refractivity contribution in [2.45, 2.75) is 26.3 Å². The number of H-pyrrole nitrogens is 1. The number of pyridine rings is 2. The van der Waals surface area contributed by atoms with Crippen molar-refractivity contribution in [3.05, 3.63) is 66.2 Å². The van der Waals surface area contributed by atoms with Gasteiger partial charge in [0.15, 0.2) is 5.82 Å². The standard InChI is InChI=1S/C21H22N6O2/c1-2-27-12-10-18(26-27)24-21(28)16-14-23-17-8-9-19(25-20(16)17)29-13-5-7-15-6-3-4-11-22-15/h3-4,6,8-12,14,23H,2,5,7,13H2,1H3,(H,24,26,28). The van der Waals surface area contributed by atoms with E-state index in [0.29, 0.717) is 29.4 Å². The SMILES string of the molecule is CCn1ccc(NC(=O)c2c[nH]c3ccc(OCCCc4ccccn4)nc23)n1. The lowest BCUT2D eigenvalue weighted by molar-refractivity contribution is 0.102. The van der Waals surface area contributed by atoms with Gasteiger partial charge in [0.05, 0.1) is 17.7 Å². The number of ether oxygens (including phenoxy) is 1. The molecule has 0 radical (unpaired) electrons. The summed E-state index contributed by atoms with van der Waals surface area (Å²) in [6.45, 7) is 3.25. The number of aromatic nitrogens is 5. The van der Waals surface area contributed by atoms with Gasteiger partial charge in [-0.15, -0.1) is 0 Å². The molecule has 2 N–H and O–H groups in total. The maximum atomic E-state index is 12.6. The molecule has 8 heteroatoms. The number of aryl methyl sites for hydroxylation is 2. The number of nitrogens with one attached hydrogen (secondary N) is 2. The molecule has 0 aliphatic heterocycles. The summed E-state index contributed by atoms with van der Waals surface area (Å²) < 4.78 is 7.53. The Morgan fingerprint density at radius 2 is 2.17 bits per heavy atom. The number of rotatable bonds is 8. The Hall–Kier alpha value is -3.68. The summed E-state index contributed by atoms with van der Waals surface area (Å²) in [4.78, 5) is 24.5. The van der Waals surface area contributed by atoms with E-state index < -0.39 is 0 Å². The fraction of sp³-hybridized carbons (Fsp3) is 0.238. The predicted molar refractivity (Wildman–Crippen MR) is 110 cm³/mol. The molecular formula is C21H22N6O2. The third-order valence-corrected chi connectivity index (χ3v) is 4.50. The number of nitrogens with zero attached hydrogens (tertiary/aromatic N) is 4. The number of carbonyl (C=O) groups excluding carboxylic acids is 1. The Bertz CT molecular complexity index is 1100. The van der Waals surface area contributed by atoms with Crippen LogP contribution >= 0.6 is 0 Å². The average molecular weight is 390 g/mol. The molecule has 4 heterocycles. The summed E-state index contributed by atoms with van der Waals surface area (Å²) in [5, 5.41) is 7.08. The number of carbonyl (C=O) groups is 1. The van der Waals surface area contributed by atoms with Gasteiger partial charge in [0, 0.05) is 43.0 Å². The molecule has 0 saturated carbocycles. The predicted octanol–water partition coefficient (Wildman–Crippen LogP) is 3.44. The lowest BCUT2D eigenvalue weighted by Gasteiger charge is -2.06. The van der Waals surface area contributed by atoms with Crippen LogP contribution < -0.4 is 10.1 Å². The molecule has 148 valence electrons. The molecule has 4 rings (SSSR count). The zero-order valence-corrected chi connectivity index (χ0v) is 16.1. The maximum Gasteiger partial charge on any atom is 0.260 e. The molecular weight excluding hydrogens is 368 g/mol. The largest absolute Gasteiger partial charge is 0.478 e. The van der Waals surface area contributed by atoms with Crippen LogP contribution in [0.2, 0.25) is 0 Å². The molecule has 0 atom stereocenters. The molecule has 0 unspecified atom stereocenters. The Labute approximate surface area is 167 Å². The second-order valence-electron chi connectivity index (χ2n) is 6.53. The topological polar surface area (TPSA) is 97.7 Å². The quantitative estimate of drug-likeness (QED) is 0.449. The third-order valence-electron chi connectivity index (χ3n) is 4.50. The van der Waals surface area contributed by atoms with Crippen molar-refractivity contribution < 1.29 is 9.53 Å². The molecule has 0 fully saturated rings. The van der Waals surface area contributed by atoms with Gasteiger partial charge in [-0.2, -0.15) is 5.10 Å². The van der Waals surface area contributed by atoms with Gasteiger partial charge in [-0.05, 0) is 38.0 Å². The molecule has 0 aliphatic carbocycles. The molecule has 1 amide bonds. The van der Waals surface area contributed by atoms with E-state index in [2.05, 4.69) is 25.4 Å². The third kappa shape index (κ3) is 4.43. The first kappa shape index (κ1) is 18.7. The van der Waals surface area contributed by atoms with Gasteiger partial charge in [0.2, 0.25) is 5.88 Å². The maximum absolute atomic E-state index is 12.6. The molecule has 8 nitrogen and oxygen atoms in total. The van der Waals surface area contributed by atoms with Crippen molar-refractivity contribution in [3.8, 4) is 5.88 Å². The fourth-order valence-corrected chi connectivity index (χ4v) is 3.00. The molecule has 0 spiro atoms. The van der Waals surface area contributed by atoms with Crippen molar-refractivity contribution in [2.75, 3.05) is 11.9 Å². The van der Waals surface area contributed by atoms with Crippen molar-refractivity contribution >= 4 is 22.8 Å². The van der Waals surface area contributed by atoms with Crippen molar-refractivity contribution in [3.63, 3.8) is 0 Å². The van der Waals surface area contributed by atoms with E-state index in [1.54, 1.807) is 29.2 Å². The van der Waals surface area contributed by atoms with Gasteiger partial charge in [0.25, 0.3) is 5.91 Å². The average Bonchev–Trinajstić information content (AvgIpc) is 3.38. The summed E-state index contributed by atoms with van der Waals surface area (Å²) in [7, 11) is 0. The molecule has 0 aromatic carbocycles. The van der Waals surface area contributed by atoms with Gasteiger partial charge in [0.1, 0.15) is 5.52 Å². The van der Waals surface area contributed by atoms with Crippen LogP contribution in [0.4, 0.5) is 5.82 Å². The van der Waals surface area contributed by atoms with E-state index in [1.807, 2.05) is 37.4 Å². The van der Waals surface area contributed by atoms with Crippen molar-refractivity contribution in [1.82, 2.24) is 24.7 Å². The minimum atomic E-state index is -0.266. The lowest BCUT2D eigenvalue weighted by Crippen LogP contribution is -2.12. The summed E-state index contributed by atoms with van der Waals surface area (Å²) in [5.74, 6) is 0.730. The van der Waals surface area contributed by atoms with Crippen LogP contribution in [0.1, 0.15) is 29.4 Å². The Morgan fingerprint density at radius 3 is 2.97 bits per heavy atom. The number of hydrogen-bond acceptors (Lipinski definition) is 5. The second-order valence-corrected chi connectivity index (χ2v) is 6.53. The van der Waals surface area contributed by atoms with Crippen LogP contribution in [0.5, 0.6) is 5.88 Å². The van der Waals surface area contributed by atoms with Gasteiger partial charge in [-0.25, -0.2) is 4.98 Å². The lowest BCUT2D eigenvalue weighted by atomic mass is 10.2. The van der Waals surface area contributed by atoms with Crippen LogP contribution in [0.25, 0.3) is 11.0 Å². The van der Waals surface area contributed by atoms with E-state index in [-0.39, 0.29) is 5.91 Å². The van der Waals surface area contributed by atoms with E-state index in [4.69, 9.17) is 4.74 Å². The summed E-state index contributed by atoms with van der Waals surface area (Å²) >= 11 is 0. The number of amides is 1. The monoisotopic (exact) mass is 390 g/mol. The number of hydrogen-bond donors (Lipinski definition) is 2. The second kappa shape index (κ2) is 8.55. The number of anilines is 1. The van der Waals surface area contributed by atoms with Crippen LogP contribution in [0.15, 0.2) is 55.0 Å². The van der Waals surface area contributed by atoms with Gasteiger partial charge < -0.3 is 15.0 Å². The van der Waals surface area contributed by atoms with Gasteiger partial charge >= 0.3 is 0 Å². The summed E-state index contributed by atoms with van der Waals surface area (Å²) in [6.07, 6.45) is 6.92. The molecule has 4 aromatic heterocycles. The van der Waals surface area contributed by atoms with E-state index in [1.165, 1.54) is 0 Å². The number of aromatic amines is 1. The van der Waals surface area contributed by atoms with Crippen LogP contribution in [-0.4, -0.2) is 37.2 Å². The zero-order chi connectivity index (χ0) is 20.1. The van der Waals surface area contributed by atoms with Crippen LogP contribution in [0, 0.1) is 0 Å². The minimum Gasteiger partial charge on any atom is -0.478 e. The first-order valence-corrected chi connectivity index (χ1v) is 9.58. The highest BCUT2D eigenvalue weighted by Gasteiger charge is 2.15. The highest BCUT2D eigenvalue weighted by Crippen LogP contribution is 2.21. The van der Waals surface area contributed by atoms with E-state index >= 15 is 0 Å². The van der Waals surface area contributed by atoms with Gasteiger partial charge in [-0.3, -0.25) is 14.5 Å². The first-order valence-electron chi connectivity index (χ1n) is 9.58. The molecule has 0 saturated heterocycles. The van der Waals surface area contributed by atoms with E-state index in [0.717, 1.165) is 30.6 Å². The van der Waals surface area contributed by atoms with Gasteiger partial charge in [-0.1, -0.05) is 6.07 Å². The van der Waals surface area contributed by atoms with Crippen molar-refractivity contribution in [1.29, 1.82) is 0 Å². The fourth-order valence-electron chi connectivity index (χ4n) is 3.00. The Morgan fingerprint density at radius 1 is 1.24 bits per heavy atom. The van der Waals surface area contributed by atoms with Crippen molar-refractivity contribution in [2.24, 2.45) is 0 Å². The highest BCUT2D eigenvalue weighted by atomic mass is 16.5. The number of fused-ring (bicyclic) bond motifs is 1. The summed E-state index contributed by atoms with van der Waals surface area (Å²) in [6, 6.07) is 11.3. The first-order chi connectivity index (χ1) is 14.2. The summed E-state index contributed by atoms with van der Waals surface area (Å²) in [5.41, 5.74) is 2.83. The Kier molecular flexibility index (Phi) is 5.51. The smallest absolute Gasteiger partial charge is 0.260 e. The Balaban J connectivity index is 1.41. The normalized spacial score (nSPS) is 10.9. The zero-order valence-electron chi connectivity index (χ0n) is 16.1. The molecule has 29 heavy (non-hydrogen) atoms. The van der Waals surface area contributed by atoms with E-state index in [9.17, 15) is 4.79 Å². The minimum absolute atomic E-state index is 0.266. The molecule has 0 bridgehead atoms. The highest BCUT2D eigenvalue weighted by molar-refractivity contribution is 6.11. The molecule has 4 aromatic rings.